The Kier molecular flexibility index (Phi) is 5.96. The van der Waals surface area contributed by atoms with Crippen LogP contribution in [0.25, 0.3) is 0 Å². The van der Waals surface area contributed by atoms with Crippen LogP contribution in [0.5, 0.6) is 5.75 Å². The van der Waals surface area contributed by atoms with Crippen molar-refractivity contribution in [3.05, 3.63) is 29.6 Å². The van der Waals surface area contributed by atoms with Crippen molar-refractivity contribution in [2.45, 2.75) is 20.3 Å². The van der Waals surface area contributed by atoms with E-state index in [1.165, 1.54) is 0 Å². The highest BCUT2D eigenvalue weighted by atomic mass is 19.1. The number of nitrogens with one attached hydrogen (secondary N) is 1. The van der Waals surface area contributed by atoms with E-state index in [-0.39, 0.29) is 23.8 Å². The van der Waals surface area contributed by atoms with Gasteiger partial charge in [-0.25, -0.2) is 9.18 Å². The van der Waals surface area contributed by atoms with Gasteiger partial charge in [0, 0.05) is 12.6 Å². The molecule has 2 N–H and O–H groups in total. The van der Waals surface area contributed by atoms with Crippen molar-refractivity contribution in [3.63, 3.8) is 0 Å². The third kappa shape index (κ3) is 5.26. The summed E-state index contributed by atoms with van der Waals surface area (Å²) < 4.78 is 18.1. The number of hydrogen-bond donors (Lipinski definition) is 2. The Hall–Kier alpha value is -2.11. The average molecular weight is 283 g/mol. The second-order valence-corrected chi connectivity index (χ2v) is 4.77. The summed E-state index contributed by atoms with van der Waals surface area (Å²) in [6, 6.07) is 3.08. The van der Waals surface area contributed by atoms with E-state index in [9.17, 15) is 14.0 Å². The first-order valence-electron chi connectivity index (χ1n) is 6.32. The summed E-state index contributed by atoms with van der Waals surface area (Å²) in [4.78, 5) is 22.4. The Bertz CT molecular complexity index is 488. The fraction of sp³-hybridized carbons (Fsp3) is 0.429. The highest BCUT2D eigenvalue weighted by Gasteiger charge is 2.13. The van der Waals surface area contributed by atoms with Crippen LogP contribution in [0, 0.1) is 11.7 Å². The molecule has 1 aromatic carbocycles. The molecule has 0 fully saturated rings. The second kappa shape index (κ2) is 7.47. The average Bonchev–Trinajstić information content (AvgIpc) is 2.35. The number of aromatic carboxylic acids is 1. The zero-order valence-corrected chi connectivity index (χ0v) is 11.5. The molecule has 0 aliphatic rings. The molecule has 0 heterocycles. The predicted octanol–water partition coefficient (Wildman–Crippen LogP) is 2.06. The van der Waals surface area contributed by atoms with Gasteiger partial charge in [0.2, 0.25) is 0 Å². The van der Waals surface area contributed by atoms with Gasteiger partial charge >= 0.3 is 5.97 Å². The topological polar surface area (TPSA) is 75.6 Å². The zero-order valence-electron chi connectivity index (χ0n) is 11.5. The molecule has 110 valence electrons. The minimum atomic E-state index is -1.24. The largest absolute Gasteiger partial charge is 0.483 e. The van der Waals surface area contributed by atoms with Gasteiger partial charge in [-0.3, -0.25) is 4.79 Å². The molecule has 1 amide bonds. The van der Waals surface area contributed by atoms with E-state index in [1.54, 1.807) is 0 Å². The van der Waals surface area contributed by atoms with Crippen molar-refractivity contribution in [1.82, 2.24) is 5.32 Å². The number of benzene rings is 1. The van der Waals surface area contributed by atoms with Crippen LogP contribution >= 0.6 is 0 Å². The third-order valence-electron chi connectivity index (χ3n) is 2.58. The van der Waals surface area contributed by atoms with Crippen LogP contribution in [0.2, 0.25) is 0 Å². The van der Waals surface area contributed by atoms with Crippen molar-refractivity contribution in [1.29, 1.82) is 0 Å². The fourth-order valence-corrected chi connectivity index (χ4v) is 1.49. The standard InChI is InChI=1S/C14H18FNO4/c1-9(2)5-6-16-13(17)8-20-12-7-10(15)3-4-11(12)14(18)19/h3-4,7,9H,5-6,8H2,1-2H3,(H,16,17)(H,18,19). The Labute approximate surface area is 116 Å². The summed E-state index contributed by atoms with van der Waals surface area (Å²) in [5.41, 5.74) is -0.179. The molecule has 1 rings (SSSR count). The molecular weight excluding hydrogens is 265 g/mol. The molecule has 0 spiro atoms. The predicted molar refractivity (Wildman–Crippen MR) is 71.3 cm³/mol. The normalized spacial score (nSPS) is 10.4. The summed E-state index contributed by atoms with van der Waals surface area (Å²) >= 11 is 0. The Morgan fingerprint density at radius 1 is 1.40 bits per heavy atom. The Morgan fingerprint density at radius 2 is 2.10 bits per heavy atom. The van der Waals surface area contributed by atoms with Crippen LogP contribution in [-0.4, -0.2) is 30.1 Å². The molecule has 0 unspecified atom stereocenters. The van der Waals surface area contributed by atoms with Gasteiger partial charge in [0.1, 0.15) is 17.1 Å². The first kappa shape index (κ1) is 15.9. The van der Waals surface area contributed by atoms with Gasteiger partial charge in [0.15, 0.2) is 6.61 Å². The number of hydrogen-bond acceptors (Lipinski definition) is 3. The number of carboxylic acid groups (broad SMARTS) is 1. The maximum Gasteiger partial charge on any atom is 0.339 e. The van der Waals surface area contributed by atoms with Gasteiger partial charge in [0.05, 0.1) is 0 Å². The molecule has 0 aliphatic carbocycles. The summed E-state index contributed by atoms with van der Waals surface area (Å²) in [5.74, 6) is -1.91. The lowest BCUT2D eigenvalue weighted by atomic mass is 10.1. The SMILES string of the molecule is CC(C)CCNC(=O)COc1cc(F)ccc1C(=O)O. The fourth-order valence-electron chi connectivity index (χ4n) is 1.49. The Morgan fingerprint density at radius 3 is 2.70 bits per heavy atom. The van der Waals surface area contributed by atoms with Crippen molar-refractivity contribution in [2.75, 3.05) is 13.2 Å². The molecule has 0 bridgehead atoms. The first-order valence-corrected chi connectivity index (χ1v) is 6.32. The number of rotatable bonds is 7. The van der Waals surface area contributed by atoms with Crippen molar-refractivity contribution >= 4 is 11.9 Å². The van der Waals surface area contributed by atoms with Gasteiger partial charge < -0.3 is 15.2 Å². The van der Waals surface area contributed by atoms with Gasteiger partial charge in [0.25, 0.3) is 5.91 Å². The van der Waals surface area contributed by atoms with Gasteiger partial charge in [-0.15, -0.1) is 0 Å². The van der Waals surface area contributed by atoms with Crippen molar-refractivity contribution < 1.29 is 23.8 Å². The minimum absolute atomic E-state index is 0.156. The molecule has 0 radical (unpaired) electrons. The summed E-state index contributed by atoms with van der Waals surface area (Å²) in [6.45, 7) is 4.25. The van der Waals surface area contributed by atoms with Crippen LogP contribution in [0.3, 0.4) is 0 Å². The molecule has 0 saturated heterocycles. The van der Waals surface area contributed by atoms with Gasteiger partial charge in [-0.2, -0.15) is 0 Å². The van der Waals surface area contributed by atoms with E-state index in [1.807, 2.05) is 13.8 Å². The number of halogens is 1. The minimum Gasteiger partial charge on any atom is -0.483 e. The molecule has 5 nitrogen and oxygen atoms in total. The van der Waals surface area contributed by atoms with Gasteiger partial charge in [-0.05, 0) is 24.5 Å². The highest BCUT2D eigenvalue weighted by molar-refractivity contribution is 5.91. The lowest BCUT2D eigenvalue weighted by molar-refractivity contribution is -0.123. The van der Waals surface area contributed by atoms with Crippen LogP contribution in [0.1, 0.15) is 30.6 Å². The summed E-state index contributed by atoms with van der Waals surface area (Å²) in [7, 11) is 0. The maximum absolute atomic E-state index is 13.1. The highest BCUT2D eigenvalue weighted by Crippen LogP contribution is 2.19. The molecule has 6 heteroatoms. The number of carboxylic acids is 1. The molecule has 0 aliphatic heterocycles. The van der Waals surface area contributed by atoms with E-state index >= 15 is 0 Å². The monoisotopic (exact) mass is 283 g/mol. The quantitative estimate of drug-likeness (QED) is 0.803. The van der Waals surface area contributed by atoms with Crippen LogP contribution in [0.4, 0.5) is 4.39 Å². The molecule has 0 atom stereocenters. The van der Waals surface area contributed by atoms with Crippen LogP contribution in [-0.2, 0) is 4.79 Å². The molecule has 0 saturated carbocycles. The van der Waals surface area contributed by atoms with E-state index in [4.69, 9.17) is 9.84 Å². The smallest absolute Gasteiger partial charge is 0.339 e. The van der Waals surface area contributed by atoms with Crippen LogP contribution < -0.4 is 10.1 Å². The lowest BCUT2D eigenvalue weighted by Crippen LogP contribution is -2.30. The molecule has 0 aromatic heterocycles. The van der Waals surface area contributed by atoms with Crippen molar-refractivity contribution in [3.8, 4) is 5.75 Å². The molecule has 1 aromatic rings. The second-order valence-electron chi connectivity index (χ2n) is 4.77. The van der Waals surface area contributed by atoms with E-state index in [0.29, 0.717) is 12.5 Å². The number of carbonyl (C=O) groups excluding carboxylic acids is 1. The molecular formula is C14H18FNO4. The number of ether oxygens (including phenoxy) is 1. The zero-order chi connectivity index (χ0) is 15.1. The van der Waals surface area contributed by atoms with Crippen molar-refractivity contribution in [2.24, 2.45) is 5.92 Å². The van der Waals surface area contributed by atoms with Gasteiger partial charge in [-0.1, -0.05) is 13.8 Å². The summed E-state index contributed by atoms with van der Waals surface area (Å²) in [5, 5.41) is 11.6. The molecule has 20 heavy (non-hydrogen) atoms. The maximum atomic E-state index is 13.1. The van der Waals surface area contributed by atoms with E-state index < -0.39 is 11.8 Å². The lowest BCUT2D eigenvalue weighted by Gasteiger charge is -2.10. The number of carbonyl (C=O) groups is 2. The Balaban J connectivity index is 2.54. The van der Waals surface area contributed by atoms with E-state index in [2.05, 4.69) is 5.32 Å². The number of amides is 1. The van der Waals surface area contributed by atoms with Crippen LogP contribution in [0.15, 0.2) is 18.2 Å². The van der Waals surface area contributed by atoms with E-state index in [0.717, 1.165) is 24.6 Å². The summed E-state index contributed by atoms with van der Waals surface area (Å²) in [6.07, 6.45) is 0.839. The third-order valence-corrected chi connectivity index (χ3v) is 2.58. The first-order chi connectivity index (χ1) is 9.40.